The van der Waals surface area contributed by atoms with Crippen molar-refractivity contribution in [3.05, 3.63) is 59.7 Å². The van der Waals surface area contributed by atoms with E-state index in [2.05, 4.69) is 15.3 Å². The predicted molar refractivity (Wildman–Crippen MR) is 126 cm³/mol. The molecule has 170 valence electrons. The van der Waals surface area contributed by atoms with Crippen LogP contribution >= 0.6 is 11.3 Å². The first-order chi connectivity index (χ1) is 16.0. The van der Waals surface area contributed by atoms with Gasteiger partial charge in [0, 0.05) is 35.4 Å². The second-order valence-electron chi connectivity index (χ2n) is 7.68. The zero-order valence-corrected chi connectivity index (χ0v) is 19.3. The molecule has 0 saturated heterocycles. The monoisotopic (exact) mass is 463 g/mol. The molecule has 0 unspecified atom stereocenters. The highest BCUT2D eigenvalue weighted by Gasteiger charge is 2.23. The predicted octanol–water partition coefficient (Wildman–Crippen LogP) is 5.09. The smallest absolute Gasteiger partial charge is 0.418 e. The van der Waals surface area contributed by atoms with Gasteiger partial charge in [-0.05, 0) is 30.0 Å². The van der Waals surface area contributed by atoms with Gasteiger partial charge >= 0.3 is 12.1 Å². The fourth-order valence-corrected chi connectivity index (χ4v) is 3.72. The van der Waals surface area contributed by atoms with Gasteiger partial charge < -0.3 is 10.1 Å². The Balaban J connectivity index is 1.61. The standard InChI is InChI=1S/C24H25N5O3S/c1-17(2)9-13-29(23(30)27-12-10-25)24(31)32-15-18-5-7-19(8-6-18)21-16-33-22(28-21)20-4-3-11-26-14-20/h3-8,11,14,16-17H,9,12-13,15H2,1-2H3,(H,27,30). The maximum atomic E-state index is 12.5. The van der Waals surface area contributed by atoms with E-state index in [1.165, 1.54) is 0 Å². The molecule has 8 nitrogen and oxygen atoms in total. The van der Waals surface area contributed by atoms with E-state index in [1.54, 1.807) is 23.7 Å². The molecule has 3 aromatic rings. The van der Waals surface area contributed by atoms with Crippen LogP contribution in [0.25, 0.3) is 21.8 Å². The van der Waals surface area contributed by atoms with Crippen molar-refractivity contribution in [1.29, 1.82) is 5.26 Å². The highest BCUT2D eigenvalue weighted by atomic mass is 32.1. The van der Waals surface area contributed by atoms with Crippen molar-refractivity contribution in [3.8, 4) is 27.9 Å². The van der Waals surface area contributed by atoms with Crippen molar-refractivity contribution in [2.45, 2.75) is 26.9 Å². The highest BCUT2D eigenvalue weighted by Crippen LogP contribution is 2.28. The Labute approximate surface area is 196 Å². The van der Waals surface area contributed by atoms with Gasteiger partial charge in [-0.25, -0.2) is 19.5 Å². The number of nitriles is 1. The van der Waals surface area contributed by atoms with E-state index in [0.29, 0.717) is 12.3 Å². The number of aromatic nitrogens is 2. The minimum atomic E-state index is -0.740. The number of pyridine rings is 1. The van der Waals surface area contributed by atoms with Crippen LogP contribution < -0.4 is 5.32 Å². The Bertz CT molecular complexity index is 1110. The molecule has 1 N–H and O–H groups in total. The highest BCUT2D eigenvalue weighted by molar-refractivity contribution is 7.13. The number of carbonyl (C=O) groups excluding carboxylic acids is 2. The molecule has 2 aromatic heterocycles. The van der Waals surface area contributed by atoms with E-state index in [9.17, 15) is 9.59 Å². The van der Waals surface area contributed by atoms with Gasteiger partial charge in [0.1, 0.15) is 18.2 Å². The summed E-state index contributed by atoms with van der Waals surface area (Å²) in [5.41, 5.74) is 3.57. The Hall–Kier alpha value is -3.77. The number of rotatable bonds is 8. The van der Waals surface area contributed by atoms with Gasteiger partial charge in [0.05, 0.1) is 11.8 Å². The third kappa shape index (κ3) is 6.85. The average Bonchev–Trinajstić information content (AvgIpc) is 3.32. The van der Waals surface area contributed by atoms with E-state index in [0.717, 1.165) is 32.3 Å². The number of carbonyl (C=O) groups is 2. The fourth-order valence-electron chi connectivity index (χ4n) is 2.90. The molecule has 3 rings (SSSR count). The van der Waals surface area contributed by atoms with Crippen molar-refractivity contribution >= 4 is 23.5 Å². The lowest BCUT2D eigenvalue weighted by Gasteiger charge is -2.21. The van der Waals surface area contributed by atoms with Gasteiger partial charge in [-0.2, -0.15) is 5.26 Å². The quantitative estimate of drug-likeness (QED) is 0.466. The van der Waals surface area contributed by atoms with Crippen molar-refractivity contribution in [2.75, 3.05) is 13.1 Å². The summed E-state index contributed by atoms with van der Waals surface area (Å²) in [6, 6.07) is 12.6. The van der Waals surface area contributed by atoms with Crippen LogP contribution in [0.3, 0.4) is 0 Å². The Morgan fingerprint density at radius 2 is 2.00 bits per heavy atom. The molecule has 0 radical (unpaired) electrons. The summed E-state index contributed by atoms with van der Waals surface area (Å²) in [5, 5.41) is 13.9. The molecule has 1 aromatic carbocycles. The maximum absolute atomic E-state index is 12.5. The van der Waals surface area contributed by atoms with Crippen LogP contribution in [0, 0.1) is 17.2 Å². The van der Waals surface area contributed by atoms with Crippen molar-refractivity contribution in [3.63, 3.8) is 0 Å². The molecular weight excluding hydrogens is 438 g/mol. The second kappa shape index (κ2) is 11.7. The Morgan fingerprint density at radius 1 is 1.21 bits per heavy atom. The van der Waals surface area contributed by atoms with Gasteiger partial charge in [0.25, 0.3) is 0 Å². The van der Waals surface area contributed by atoms with Crippen LogP contribution in [0.1, 0.15) is 25.8 Å². The van der Waals surface area contributed by atoms with Gasteiger partial charge in [-0.1, -0.05) is 38.1 Å². The first-order valence-electron chi connectivity index (χ1n) is 10.5. The molecule has 0 fully saturated rings. The van der Waals surface area contributed by atoms with Crippen LogP contribution in [-0.4, -0.2) is 40.1 Å². The molecule has 0 saturated carbocycles. The summed E-state index contributed by atoms with van der Waals surface area (Å²) >= 11 is 1.55. The molecule has 0 aliphatic carbocycles. The van der Waals surface area contributed by atoms with Crippen LogP contribution in [0.4, 0.5) is 9.59 Å². The minimum Gasteiger partial charge on any atom is -0.444 e. The lowest BCUT2D eigenvalue weighted by Crippen LogP contribution is -2.45. The van der Waals surface area contributed by atoms with Crippen LogP contribution in [-0.2, 0) is 11.3 Å². The molecule has 33 heavy (non-hydrogen) atoms. The van der Waals surface area contributed by atoms with Crippen molar-refractivity contribution in [2.24, 2.45) is 5.92 Å². The number of amides is 3. The SMILES string of the molecule is CC(C)CCN(C(=O)NCC#N)C(=O)OCc1ccc(-c2csc(-c3cccnc3)n2)cc1. The van der Waals surface area contributed by atoms with Gasteiger partial charge in [0.15, 0.2) is 0 Å². The Kier molecular flexibility index (Phi) is 8.49. The number of ether oxygens (including phenoxy) is 1. The second-order valence-corrected chi connectivity index (χ2v) is 8.54. The summed E-state index contributed by atoms with van der Waals surface area (Å²) in [6.07, 6.45) is 3.41. The summed E-state index contributed by atoms with van der Waals surface area (Å²) in [6.45, 7) is 4.07. The number of hydrogen-bond donors (Lipinski definition) is 1. The lowest BCUT2D eigenvalue weighted by atomic mass is 10.1. The first kappa shape index (κ1) is 23.9. The zero-order valence-electron chi connectivity index (χ0n) is 18.5. The third-order valence-electron chi connectivity index (χ3n) is 4.74. The maximum Gasteiger partial charge on any atom is 0.418 e. The Morgan fingerprint density at radius 3 is 2.67 bits per heavy atom. The van der Waals surface area contributed by atoms with Crippen molar-refractivity contribution < 1.29 is 14.3 Å². The summed E-state index contributed by atoms with van der Waals surface area (Å²) in [4.78, 5) is 34.5. The molecular formula is C24H25N5O3S. The zero-order chi connectivity index (χ0) is 23.6. The molecule has 0 aliphatic heterocycles. The van der Waals surface area contributed by atoms with Gasteiger partial charge in [-0.15, -0.1) is 11.3 Å². The molecule has 0 bridgehead atoms. The minimum absolute atomic E-state index is 0.0286. The van der Waals surface area contributed by atoms with Gasteiger partial charge in [-0.3, -0.25) is 4.98 Å². The van der Waals surface area contributed by atoms with E-state index in [4.69, 9.17) is 10.00 Å². The van der Waals surface area contributed by atoms with Crippen LogP contribution in [0.15, 0.2) is 54.2 Å². The number of nitrogens with one attached hydrogen (secondary N) is 1. The molecule has 0 spiro atoms. The summed E-state index contributed by atoms with van der Waals surface area (Å²) in [5.74, 6) is 0.306. The number of imide groups is 1. The fraction of sp³-hybridized carbons (Fsp3) is 0.292. The number of nitrogens with zero attached hydrogens (tertiary/aromatic N) is 4. The first-order valence-corrected chi connectivity index (χ1v) is 11.4. The lowest BCUT2D eigenvalue weighted by molar-refractivity contribution is 0.103. The topological polar surface area (TPSA) is 108 Å². The number of urea groups is 1. The average molecular weight is 464 g/mol. The largest absolute Gasteiger partial charge is 0.444 e. The summed E-state index contributed by atoms with van der Waals surface area (Å²) < 4.78 is 5.35. The van der Waals surface area contributed by atoms with E-state index in [-0.39, 0.29) is 19.7 Å². The third-order valence-corrected chi connectivity index (χ3v) is 5.63. The van der Waals surface area contributed by atoms with Crippen molar-refractivity contribution in [1.82, 2.24) is 20.2 Å². The van der Waals surface area contributed by atoms with E-state index >= 15 is 0 Å². The van der Waals surface area contributed by atoms with Gasteiger partial charge in [0.2, 0.25) is 0 Å². The number of thiazole rings is 1. The summed E-state index contributed by atoms with van der Waals surface area (Å²) in [7, 11) is 0. The molecule has 9 heteroatoms. The number of benzene rings is 1. The van der Waals surface area contributed by atoms with Crippen LogP contribution in [0.5, 0.6) is 0 Å². The normalized spacial score (nSPS) is 10.5. The molecule has 0 aliphatic rings. The van der Waals surface area contributed by atoms with E-state index < -0.39 is 12.1 Å². The van der Waals surface area contributed by atoms with Crippen LogP contribution in [0.2, 0.25) is 0 Å². The van der Waals surface area contributed by atoms with E-state index in [1.807, 2.05) is 61.7 Å². The number of hydrogen-bond acceptors (Lipinski definition) is 7. The molecule has 3 amide bonds. The molecule has 0 atom stereocenters. The molecule has 2 heterocycles.